The van der Waals surface area contributed by atoms with Crippen molar-refractivity contribution in [2.24, 2.45) is 0 Å². The van der Waals surface area contributed by atoms with Crippen LogP contribution in [-0.4, -0.2) is 279 Å². The molecule has 4 aromatic heterocycles. The first kappa shape index (κ1) is 116. The number of methoxy groups -OCH3 is 4. The number of carbonyl (C=O) groups is 1. The Morgan fingerprint density at radius 1 is 0.453 bits per heavy atom. The minimum absolute atomic E-state index is 0.0786. The van der Waals surface area contributed by atoms with Crippen molar-refractivity contribution in [1.82, 2.24) is 59.9 Å². The lowest BCUT2D eigenvalue weighted by Crippen LogP contribution is -2.50. The highest BCUT2D eigenvalue weighted by atomic mass is 35.5. The maximum absolute atomic E-state index is 13.6. The van der Waals surface area contributed by atoms with Crippen LogP contribution in [-0.2, 0) is 42.7 Å². The van der Waals surface area contributed by atoms with Gasteiger partial charge in [-0.2, -0.15) is 19.9 Å². The van der Waals surface area contributed by atoms with E-state index in [4.69, 9.17) is 70.1 Å². The van der Waals surface area contributed by atoms with Gasteiger partial charge in [0.2, 0.25) is 23.8 Å². The number of sulfone groups is 2. The standard InChI is InChI=1S/C29H41ClN7O2P.C26H33ClN5O4PS.C25H29ClN5O4P.C24H29ClN5O4PS/c1-21(13-14-35(2)3)36-15-17-37(18-16-36)22-11-12-24(26(19-22)39-4)33-29-31-20-23(30)28(34-29)32-25-9-7-8-10-27(25)40(5,6)38;1-5-32-12-14-37(33,15-13-32)19-10-11-21(23(16-19)36-4)30-26-28-17-20(27)25(31-26)29-22-8-6-7-9-24(22)38(34,35)18(2)3;1-16(32)19-13-17(31-9-11-35-12-10-31)5-7-21(19)28-24-20(26)15-27-25(30-24)29-22-8-6-18(36(3,4)33)14-23(22)34-2;1-16(2)36(32,33)22-7-5-4-6-20(22)28-23-18(25)15-27-24(30-23)29-19-9-8-17(14-21(19)34-3)35(31)12-10-26-11-13-35/h7-12,19-21H,13-18H2,1-6H3,(H2,31,32,33,34);6-11,16-18H,5,12-15H2,1-4H3,(H2,28,29,30,31);5-8,13-15H,9-12H2,1-4H3,(H2,27,28,29,30);4-9,14-16,26H,10-13H2,1-3H3,(H2,27,28,29,30). The number of aromatic nitrogens is 8. The summed E-state index contributed by atoms with van der Waals surface area (Å²) >= 11 is 25.5. The highest BCUT2D eigenvalue weighted by Crippen LogP contribution is 2.50. The number of anilines is 18. The first-order chi connectivity index (χ1) is 71.4. The van der Waals surface area contributed by atoms with Gasteiger partial charge in [0, 0.05) is 140 Å². The number of carbonyl (C=O) groups excluding carboxylic acids is 1. The van der Waals surface area contributed by atoms with Gasteiger partial charge in [0.15, 0.2) is 48.7 Å². The largest absolute Gasteiger partial charge is 0.495 e. The zero-order chi connectivity index (χ0) is 108. The summed E-state index contributed by atoms with van der Waals surface area (Å²) in [6.07, 6.45) is 9.58. The van der Waals surface area contributed by atoms with E-state index in [2.05, 4.69) is 152 Å². The highest BCUT2D eigenvalue weighted by molar-refractivity contribution is 7.92. The monoisotopic (exact) mass is 2240 g/mol. The van der Waals surface area contributed by atoms with Gasteiger partial charge in [0.05, 0.1) is 132 Å². The van der Waals surface area contributed by atoms with Gasteiger partial charge in [0.1, 0.15) is 71.7 Å². The van der Waals surface area contributed by atoms with Crippen LogP contribution in [0, 0.1) is 0 Å². The summed E-state index contributed by atoms with van der Waals surface area (Å²) in [5.74, 6) is 4.55. The van der Waals surface area contributed by atoms with Crippen LogP contribution in [0.2, 0.25) is 20.1 Å². The molecule has 0 aliphatic carbocycles. The van der Waals surface area contributed by atoms with Gasteiger partial charge in [0.25, 0.3) is 0 Å². The molecule has 36 nitrogen and oxygen atoms in total. The van der Waals surface area contributed by atoms with Crippen molar-refractivity contribution in [3.63, 3.8) is 0 Å². The van der Waals surface area contributed by atoms with Gasteiger partial charge in [-0.1, -0.05) is 89.7 Å². The maximum Gasteiger partial charge on any atom is 0.229 e. The number of hydrogen-bond donors (Lipinski definition) is 9. The highest BCUT2D eigenvalue weighted by Gasteiger charge is 2.34. The minimum Gasteiger partial charge on any atom is -0.495 e. The van der Waals surface area contributed by atoms with Crippen LogP contribution >= 0.6 is 75.0 Å². The fourth-order valence-electron chi connectivity index (χ4n) is 16.8. The Morgan fingerprint density at radius 2 is 0.827 bits per heavy atom. The second-order valence-electron chi connectivity index (χ2n) is 37.7. The summed E-state index contributed by atoms with van der Waals surface area (Å²) in [6.45, 7) is 31.5. The Bertz CT molecular complexity index is 7220. The molecule has 0 radical (unpaired) electrons. The van der Waals surface area contributed by atoms with E-state index in [1.807, 2.05) is 72.8 Å². The number of benzene rings is 8. The van der Waals surface area contributed by atoms with Gasteiger partial charge in [-0.05, 0) is 223 Å². The van der Waals surface area contributed by atoms with E-state index in [0.717, 1.165) is 112 Å². The van der Waals surface area contributed by atoms with E-state index >= 15 is 0 Å². The number of Topliss-reactive ketones (excluding diaryl/α,β-unsaturated/α-hetero) is 1. The smallest absolute Gasteiger partial charge is 0.229 e. The number of rotatable bonds is 36. The summed E-state index contributed by atoms with van der Waals surface area (Å²) in [4.78, 5) is 59.7. The normalized spacial score (nSPS) is 15.1. The first-order valence-electron chi connectivity index (χ1n) is 49.0. The Labute approximate surface area is 899 Å². The predicted molar refractivity (Wildman–Crippen MR) is 613 cm³/mol. The third kappa shape index (κ3) is 30.0. The predicted octanol–water partition coefficient (Wildman–Crippen LogP) is 19.8. The quantitative estimate of drug-likeness (QED) is 0.0130. The van der Waals surface area contributed by atoms with Crippen LogP contribution < -0.4 is 97.8 Å². The molecule has 9 N–H and O–H groups in total. The number of halogens is 4. The van der Waals surface area contributed by atoms with Crippen molar-refractivity contribution < 1.29 is 63.6 Å². The van der Waals surface area contributed by atoms with E-state index in [1.165, 1.54) is 31.9 Å². The Morgan fingerprint density at radius 3 is 1.24 bits per heavy atom. The summed E-state index contributed by atoms with van der Waals surface area (Å²) in [5, 5.41) is 31.4. The number of hydrogen-bond acceptors (Lipinski definition) is 36. The summed E-state index contributed by atoms with van der Waals surface area (Å²) in [7, 11) is -6.42. The van der Waals surface area contributed by atoms with Gasteiger partial charge in [-0.15, -0.1) is 0 Å². The van der Waals surface area contributed by atoms with Crippen molar-refractivity contribution in [3.8, 4) is 23.0 Å². The number of nitrogens with zero attached hydrogens (tertiary/aromatic N) is 13. The number of para-hydroxylation sites is 3. The Kier molecular flexibility index (Phi) is 40.1. The molecule has 12 aromatic rings. The Hall–Kier alpha value is -11.3. The van der Waals surface area contributed by atoms with Crippen LogP contribution in [0.25, 0.3) is 0 Å². The molecule has 4 aliphatic heterocycles. The molecule has 16 rings (SSSR count). The maximum atomic E-state index is 13.6. The van der Waals surface area contributed by atoms with Gasteiger partial charge >= 0.3 is 0 Å². The van der Waals surface area contributed by atoms with Crippen molar-refractivity contribution in [3.05, 3.63) is 214 Å². The van der Waals surface area contributed by atoms with E-state index in [9.17, 15) is 39.9 Å². The molecule has 46 heteroatoms. The fourth-order valence-corrected chi connectivity index (χ4v) is 26.9. The molecule has 4 saturated heterocycles. The van der Waals surface area contributed by atoms with Gasteiger partial charge in [-0.3, -0.25) is 9.69 Å². The molecule has 0 amide bonds. The topological polar surface area (TPSA) is 427 Å². The number of piperazine rings is 1. The third-order valence-electron chi connectivity index (χ3n) is 25.7. The summed E-state index contributed by atoms with van der Waals surface area (Å²) in [6, 6.07) is 49.4. The van der Waals surface area contributed by atoms with Crippen LogP contribution in [0.3, 0.4) is 0 Å². The summed E-state index contributed by atoms with van der Waals surface area (Å²) < 4.78 is 131. The SMILES string of the molecule is CCN1CCP(=O)(c2ccc(Nc3ncc(Cl)c(Nc4ccccc4S(=O)(=O)C(C)C)n3)c(OC)c2)CC1.COc1cc(N2CCN(C(C)CCN(C)C)CC2)ccc1Nc1ncc(Cl)c(Nc2ccccc2P(C)(C)=O)n1.COc1cc(P(C)(C)=O)ccc1Nc1ncc(Cl)c(Nc2ccc(N3CCOCC3)cc2C(C)=O)n1.COc1cc(P2(=O)CCNCC2)ccc1Nc1ncc(Cl)c(Nc2ccccc2S(=O)(=O)C(C)C)n1. The zero-order valence-electron chi connectivity index (χ0n) is 87.2. The van der Waals surface area contributed by atoms with Crippen LogP contribution in [0.4, 0.5) is 104 Å². The van der Waals surface area contributed by atoms with Crippen molar-refractivity contribution in [1.29, 1.82) is 0 Å². The van der Waals surface area contributed by atoms with Crippen LogP contribution in [0.5, 0.6) is 23.0 Å². The molecule has 1 unspecified atom stereocenters. The van der Waals surface area contributed by atoms with Crippen molar-refractivity contribution >= 4 is 226 Å². The number of morpholine rings is 1. The molecule has 802 valence electrons. The van der Waals surface area contributed by atoms with E-state index in [0.29, 0.717) is 145 Å². The molecular weight excluding hydrogens is 2110 g/mol. The van der Waals surface area contributed by atoms with Gasteiger partial charge < -0.3 is 109 Å². The molecule has 0 saturated carbocycles. The molecule has 8 aromatic carbocycles. The molecular formula is C104H132Cl4N22O14P4S2. The van der Waals surface area contributed by atoms with Crippen LogP contribution in [0.1, 0.15) is 65.2 Å². The molecule has 4 fully saturated rings. The van der Waals surface area contributed by atoms with Crippen LogP contribution in [0.15, 0.2) is 198 Å². The number of nitrogens with one attached hydrogen (secondary N) is 9. The lowest BCUT2D eigenvalue weighted by Gasteiger charge is -2.39. The number of ether oxygens (including phenoxy) is 5. The second-order valence-corrected chi connectivity index (χ2v) is 57.1. The lowest BCUT2D eigenvalue weighted by atomic mass is 10.1. The second kappa shape index (κ2) is 51.9. The first-order valence-corrected chi connectivity index (χ1v) is 62.9. The number of ketones is 1. The summed E-state index contributed by atoms with van der Waals surface area (Å²) in [5.41, 5.74) is 7.22. The minimum atomic E-state index is -3.54. The average Bonchev–Trinajstić information content (AvgIpc) is 0.819. The fraction of sp³-hybridized carbons (Fsp3) is 0.375. The van der Waals surface area contributed by atoms with E-state index in [1.54, 1.807) is 168 Å². The van der Waals surface area contributed by atoms with Gasteiger partial charge in [-0.25, -0.2) is 36.8 Å². The molecule has 0 spiro atoms. The average molecular weight is 2240 g/mol. The lowest BCUT2D eigenvalue weighted by molar-refractivity contribution is 0.101. The molecule has 0 bridgehead atoms. The molecule has 150 heavy (non-hydrogen) atoms. The van der Waals surface area contributed by atoms with E-state index in [-0.39, 0.29) is 55.1 Å². The van der Waals surface area contributed by atoms with Crippen molar-refractivity contribution in [2.45, 2.75) is 81.2 Å². The van der Waals surface area contributed by atoms with E-state index < -0.39 is 58.7 Å². The van der Waals surface area contributed by atoms with Crippen molar-refractivity contribution in [2.75, 3.05) is 238 Å². The Balaban J connectivity index is 0.000000167. The molecule has 1 atom stereocenters. The zero-order valence-corrected chi connectivity index (χ0v) is 95.4. The molecule has 4 aliphatic rings. The molecule has 8 heterocycles. The third-order valence-corrected chi connectivity index (χ3v) is 40.5.